The highest BCUT2D eigenvalue weighted by atomic mass is 14.9. The van der Waals surface area contributed by atoms with Gasteiger partial charge in [0.25, 0.3) is 0 Å². The van der Waals surface area contributed by atoms with Gasteiger partial charge in [0.2, 0.25) is 0 Å². The van der Waals surface area contributed by atoms with Crippen LogP contribution in [0, 0.1) is 5.92 Å². The van der Waals surface area contributed by atoms with E-state index in [4.69, 9.17) is 0 Å². The number of rotatable bonds is 9. The highest BCUT2D eigenvalue weighted by molar-refractivity contribution is 4.61. The SMILES string of the molecule is CCCCCC(CC)CCNC(C)C. The number of nitrogens with one attached hydrogen (secondary N) is 1. The Morgan fingerprint density at radius 3 is 2.21 bits per heavy atom. The number of hydrogen-bond acceptors (Lipinski definition) is 1. The molecule has 86 valence electrons. The fraction of sp³-hybridized carbons (Fsp3) is 1.00. The van der Waals surface area contributed by atoms with Crippen LogP contribution in [0.25, 0.3) is 0 Å². The first-order chi connectivity index (χ1) is 6.70. The smallest absolute Gasteiger partial charge is 0.00103 e. The third kappa shape index (κ3) is 8.55. The third-order valence-electron chi connectivity index (χ3n) is 2.90. The molecule has 0 aliphatic heterocycles. The summed E-state index contributed by atoms with van der Waals surface area (Å²) in [4.78, 5) is 0. The van der Waals surface area contributed by atoms with Gasteiger partial charge in [-0.1, -0.05) is 59.8 Å². The van der Waals surface area contributed by atoms with Crippen LogP contribution in [0.1, 0.15) is 66.2 Å². The zero-order valence-corrected chi connectivity index (χ0v) is 10.6. The van der Waals surface area contributed by atoms with Crippen molar-refractivity contribution >= 4 is 0 Å². The molecule has 0 aromatic heterocycles. The molecule has 0 heterocycles. The van der Waals surface area contributed by atoms with Crippen LogP contribution in [-0.2, 0) is 0 Å². The van der Waals surface area contributed by atoms with Crippen LogP contribution in [0.15, 0.2) is 0 Å². The highest BCUT2D eigenvalue weighted by Crippen LogP contribution is 2.16. The van der Waals surface area contributed by atoms with Crippen molar-refractivity contribution in [3.8, 4) is 0 Å². The molecule has 1 nitrogen and oxygen atoms in total. The number of unbranched alkanes of at least 4 members (excludes halogenated alkanes) is 2. The first kappa shape index (κ1) is 14.0. The minimum Gasteiger partial charge on any atom is -0.315 e. The van der Waals surface area contributed by atoms with Gasteiger partial charge in [-0.3, -0.25) is 0 Å². The van der Waals surface area contributed by atoms with E-state index in [0.717, 1.165) is 5.92 Å². The van der Waals surface area contributed by atoms with Crippen LogP contribution in [-0.4, -0.2) is 12.6 Å². The standard InChI is InChI=1S/C13H29N/c1-5-7-8-9-13(6-2)10-11-14-12(3)4/h12-14H,5-11H2,1-4H3. The molecule has 0 amide bonds. The Bertz CT molecular complexity index is 110. The van der Waals surface area contributed by atoms with E-state index in [2.05, 4.69) is 33.0 Å². The molecule has 1 heteroatoms. The molecule has 1 unspecified atom stereocenters. The van der Waals surface area contributed by atoms with E-state index in [-0.39, 0.29) is 0 Å². The average molecular weight is 199 g/mol. The minimum atomic E-state index is 0.642. The lowest BCUT2D eigenvalue weighted by atomic mass is 9.95. The van der Waals surface area contributed by atoms with E-state index >= 15 is 0 Å². The van der Waals surface area contributed by atoms with Crippen molar-refractivity contribution in [1.29, 1.82) is 0 Å². The molecule has 0 spiro atoms. The summed E-state index contributed by atoms with van der Waals surface area (Å²) in [6, 6.07) is 0.642. The molecule has 1 N–H and O–H groups in total. The van der Waals surface area contributed by atoms with Crippen LogP contribution in [0.5, 0.6) is 0 Å². The molecule has 1 atom stereocenters. The normalized spacial score (nSPS) is 13.5. The van der Waals surface area contributed by atoms with Gasteiger partial charge in [-0.15, -0.1) is 0 Å². The lowest BCUT2D eigenvalue weighted by molar-refractivity contribution is 0.397. The van der Waals surface area contributed by atoms with Gasteiger partial charge in [0.05, 0.1) is 0 Å². The van der Waals surface area contributed by atoms with Crippen LogP contribution in [0.2, 0.25) is 0 Å². The lowest BCUT2D eigenvalue weighted by Gasteiger charge is -2.16. The largest absolute Gasteiger partial charge is 0.315 e. The maximum atomic E-state index is 3.50. The molecule has 0 rings (SSSR count). The summed E-state index contributed by atoms with van der Waals surface area (Å²) in [5.41, 5.74) is 0. The van der Waals surface area contributed by atoms with Crippen molar-refractivity contribution in [2.75, 3.05) is 6.54 Å². The predicted molar refractivity (Wildman–Crippen MR) is 65.7 cm³/mol. The van der Waals surface area contributed by atoms with E-state index in [9.17, 15) is 0 Å². The van der Waals surface area contributed by atoms with Crippen molar-refractivity contribution in [2.45, 2.75) is 72.3 Å². The Balaban J connectivity index is 3.38. The Morgan fingerprint density at radius 1 is 1.00 bits per heavy atom. The van der Waals surface area contributed by atoms with E-state index in [1.54, 1.807) is 0 Å². The first-order valence-electron chi connectivity index (χ1n) is 6.44. The monoisotopic (exact) mass is 199 g/mol. The zero-order chi connectivity index (χ0) is 10.8. The summed E-state index contributed by atoms with van der Waals surface area (Å²) < 4.78 is 0. The van der Waals surface area contributed by atoms with E-state index in [1.165, 1.54) is 45.1 Å². The van der Waals surface area contributed by atoms with Crippen molar-refractivity contribution in [3.63, 3.8) is 0 Å². The van der Waals surface area contributed by atoms with E-state index in [0.29, 0.717) is 6.04 Å². The Kier molecular flexibility index (Phi) is 9.49. The van der Waals surface area contributed by atoms with Crippen LogP contribution in [0.4, 0.5) is 0 Å². The molecule has 0 aliphatic carbocycles. The third-order valence-corrected chi connectivity index (χ3v) is 2.90. The second-order valence-corrected chi connectivity index (χ2v) is 4.67. The van der Waals surface area contributed by atoms with Crippen molar-refractivity contribution in [2.24, 2.45) is 5.92 Å². The summed E-state index contributed by atoms with van der Waals surface area (Å²) in [5, 5.41) is 3.50. The Hall–Kier alpha value is -0.0400. The zero-order valence-electron chi connectivity index (χ0n) is 10.6. The maximum Gasteiger partial charge on any atom is 0.00103 e. The van der Waals surface area contributed by atoms with Crippen LogP contribution >= 0.6 is 0 Å². The van der Waals surface area contributed by atoms with E-state index < -0.39 is 0 Å². The second kappa shape index (κ2) is 9.51. The van der Waals surface area contributed by atoms with E-state index in [1.807, 2.05) is 0 Å². The molecule has 0 saturated carbocycles. The Morgan fingerprint density at radius 2 is 1.71 bits per heavy atom. The summed E-state index contributed by atoms with van der Waals surface area (Å²) >= 11 is 0. The summed E-state index contributed by atoms with van der Waals surface area (Å²) in [5.74, 6) is 0.952. The average Bonchev–Trinajstić information content (AvgIpc) is 2.15. The molecular formula is C13H29N. The molecule has 0 aromatic carbocycles. The van der Waals surface area contributed by atoms with Crippen molar-refractivity contribution in [3.05, 3.63) is 0 Å². The van der Waals surface area contributed by atoms with Gasteiger partial charge in [-0.25, -0.2) is 0 Å². The summed E-state index contributed by atoms with van der Waals surface area (Å²) in [7, 11) is 0. The molecule has 0 radical (unpaired) electrons. The van der Waals surface area contributed by atoms with Crippen LogP contribution in [0.3, 0.4) is 0 Å². The van der Waals surface area contributed by atoms with Gasteiger partial charge in [0, 0.05) is 6.04 Å². The van der Waals surface area contributed by atoms with Gasteiger partial charge in [-0.05, 0) is 18.9 Å². The predicted octanol–water partition coefficient (Wildman–Crippen LogP) is 3.98. The fourth-order valence-electron chi connectivity index (χ4n) is 1.81. The van der Waals surface area contributed by atoms with Crippen molar-refractivity contribution < 1.29 is 0 Å². The quantitative estimate of drug-likeness (QED) is 0.554. The van der Waals surface area contributed by atoms with Gasteiger partial charge < -0.3 is 5.32 Å². The second-order valence-electron chi connectivity index (χ2n) is 4.67. The molecule has 0 aromatic rings. The highest BCUT2D eigenvalue weighted by Gasteiger charge is 2.05. The maximum absolute atomic E-state index is 3.50. The molecule has 14 heavy (non-hydrogen) atoms. The van der Waals surface area contributed by atoms with Crippen LogP contribution < -0.4 is 5.32 Å². The molecule has 0 bridgehead atoms. The molecule has 0 aliphatic rings. The van der Waals surface area contributed by atoms with Crippen molar-refractivity contribution in [1.82, 2.24) is 5.32 Å². The topological polar surface area (TPSA) is 12.0 Å². The summed E-state index contributed by atoms with van der Waals surface area (Å²) in [6.07, 6.45) is 8.33. The number of hydrogen-bond donors (Lipinski definition) is 1. The summed E-state index contributed by atoms with van der Waals surface area (Å²) in [6.45, 7) is 10.2. The van der Waals surface area contributed by atoms with Gasteiger partial charge in [0.15, 0.2) is 0 Å². The Labute approximate surface area is 90.7 Å². The fourth-order valence-corrected chi connectivity index (χ4v) is 1.81. The first-order valence-corrected chi connectivity index (χ1v) is 6.44. The molecule has 0 fully saturated rings. The van der Waals surface area contributed by atoms with Gasteiger partial charge >= 0.3 is 0 Å². The molecular weight excluding hydrogens is 170 g/mol. The minimum absolute atomic E-state index is 0.642. The van der Waals surface area contributed by atoms with Gasteiger partial charge in [0.1, 0.15) is 0 Å². The lowest BCUT2D eigenvalue weighted by Crippen LogP contribution is -2.25. The van der Waals surface area contributed by atoms with Gasteiger partial charge in [-0.2, -0.15) is 0 Å². The molecule has 0 saturated heterocycles.